The SMILES string of the molecule is CCc1ccc2nc(NCc3ccc(-c4nc(-c5ccc(C)cc5)cs4)cc3)sc2c1. The Bertz CT molecular complexity index is 1320. The first kappa shape index (κ1) is 19.9. The number of fused-ring (bicyclic) bond motifs is 1. The van der Waals surface area contributed by atoms with Crippen molar-refractivity contribution >= 4 is 38.0 Å². The van der Waals surface area contributed by atoms with Crippen molar-refractivity contribution in [1.29, 1.82) is 0 Å². The number of nitrogens with zero attached hydrogens (tertiary/aromatic N) is 2. The van der Waals surface area contributed by atoms with Gasteiger partial charge in [-0.2, -0.15) is 0 Å². The van der Waals surface area contributed by atoms with Crippen LogP contribution in [0.3, 0.4) is 0 Å². The third-order valence-corrected chi connectivity index (χ3v) is 7.22. The molecule has 5 rings (SSSR count). The van der Waals surface area contributed by atoms with E-state index in [-0.39, 0.29) is 0 Å². The van der Waals surface area contributed by atoms with E-state index in [9.17, 15) is 0 Å². The first-order chi connectivity index (χ1) is 15.2. The number of rotatable bonds is 6. The lowest BCUT2D eigenvalue weighted by molar-refractivity contribution is 1.14. The largest absolute Gasteiger partial charge is 0.357 e. The average Bonchev–Trinajstić information content (AvgIpc) is 3.45. The minimum Gasteiger partial charge on any atom is -0.357 e. The number of anilines is 1. The van der Waals surface area contributed by atoms with Gasteiger partial charge < -0.3 is 5.32 Å². The first-order valence-corrected chi connectivity index (χ1v) is 12.1. The Kier molecular flexibility index (Phi) is 5.53. The summed E-state index contributed by atoms with van der Waals surface area (Å²) in [5, 5.41) is 7.62. The van der Waals surface area contributed by atoms with Crippen LogP contribution in [-0.4, -0.2) is 9.97 Å². The van der Waals surface area contributed by atoms with Crippen LogP contribution in [0, 0.1) is 6.92 Å². The van der Waals surface area contributed by atoms with Crippen molar-refractivity contribution in [3.05, 3.63) is 88.8 Å². The van der Waals surface area contributed by atoms with Gasteiger partial charge in [-0.15, -0.1) is 11.3 Å². The summed E-state index contributed by atoms with van der Waals surface area (Å²) < 4.78 is 1.24. The molecule has 3 aromatic carbocycles. The summed E-state index contributed by atoms with van der Waals surface area (Å²) in [6.45, 7) is 5.04. The molecule has 0 aliphatic rings. The minimum atomic E-state index is 0.757. The van der Waals surface area contributed by atoms with E-state index in [0.29, 0.717) is 0 Å². The average molecular weight is 442 g/mol. The Morgan fingerprint density at radius 3 is 2.35 bits per heavy atom. The van der Waals surface area contributed by atoms with Crippen LogP contribution in [0.4, 0.5) is 5.13 Å². The summed E-state index contributed by atoms with van der Waals surface area (Å²) in [5.41, 5.74) is 8.26. The maximum atomic E-state index is 4.84. The summed E-state index contributed by atoms with van der Waals surface area (Å²) in [5.74, 6) is 0. The van der Waals surface area contributed by atoms with E-state index in [0.717, 1.165) is 45.4 Å². The van der Waals surface area contributed by atoms with Gasteiger partial charge in [-0.1, -0.05) is 78.4 Å². The predicted octanol–water partition coefficient (Wildman–Crippen LogP) is 7.57. The molecule has 31 heavy (non-hydrogen) atoms. The Hall–Kier alpha value is -3.02. The van der Waals surface area contributed by atoms with Crippen molar-refractivity contribution in [3.8, 4) is 21.8 Å². The smallest absolute Gasteiger partial charge is 0.184 e. The van der Waals surface area contributed by atoms with Crippen LogP contribution < -0.4 is 5.32 Å². The quantitative estimate of drug-likeness (QED) is 0.295. The van der Waals surface area contributed by atoms with Crippen LogP contribution in [-0.2, 0) is 13.0 Å². The molecule has 0 fully saturated rings. The molecule has 154 valence electrons. The van der Waals surface area contributed by atoms with Gasteiger partial charge in [0.1, 0.15) is 5.01 Å². The van der Waals surface area contributed by atoms with Crippen LogP contribution in [0.2, 0.25) is 0 Å². The van der Waals surface area contributed by atoms with E-state index < -0.39 is 0 Å². The molecule has 2 heterocycles. The van der Waals surface area contributed by atoms with Crippen molar-refractivity contribution in [2.45, 2.75) is 26.8 Å². The van der Waals surface area contributed by atoms with Gasteiger partial charge in [-0.05, 0) is 36.6 Å². The molecule has 0 aliphatic carbocycles. The zero-order valence-corrected chi connectivity index (χ0v) is 19.2. The maximum absolute atomic E-state index is 4.84. The lowest BCUT2D eigenvalue weighted by Gasteiger charge is -2.04. The molecule has 0 atom stereocenters. The fourth-order valence-electron chi connectivity index (χ4n) is 3.47. The van der Waals surface area contributed by atoms with Gasteiger partial charge in [-0.25, -0.2) is 9.97 Å². The molecule has 5 aromatic rings. The number of aromatic nitrogens is 2. The van der Waals surface area contributed by atoms with Gasteiger partial charge in [0.05, 0.1) is 15.9 Å². The third kappa shape index (κ3) is 4.38. The van der Waals surface area contributed by atoms with Crippen molar-refractivity contribution in [2.24, 2.45) is 0 Å². The Morgan fingerprint density at radius 2 is 1.58 bits per heavy atom. The monoisotopic (exact) mass is 441 g/mol. The second-order valence-corrected chi connectivity index (χ2v) is 9.52. The normalized spacial score (nSPS) is 11.2. The third-order valence-electron chi connectivity index (χ3n) is 5.36. The van der Waals surface area contributed by atoms with Crippen LogP contribution >= 0.6 is 22.7 Å². The molecular weight excluding hydrogens is 418 g/mol. The van der Waals surface area contributed by atoms with E-state index in [4.69, 9.17) is 9.97 Å². The van der Waals surface area contributed by atoms with E-state index in [1.807, 2.05) is 0 Å². The fourth-order valence-corrected chi connectivity index (χ4v) is 5.23. The summed E-state index contributed by atoms with van der Waals surface area (Å²) in [7, 11) is 0. The lowest BCUT2D eigenvalue weighted by Crippen LogP contribution is -1.98. The minimum absolute atomic E-state index is 0.757. The number of nitrogens with one attached hydrogen (secondary N) is 1. The molecule has 0 saturated carbocycles. The van der Waals surface area contributed by atoms with E-state index >= 15 is 0 Å². The topological polar surface area (TPSA) is 37.8 Å². The van der Waals surface area contributed by atoms with E-state index in [1.165, 1.54) is 21.4 Å². The second kappa shape index (κ2) is 8.61. The van der Waals surface area contributed by atoms with Crippen LogP contribution in [0.15, 0.2) is 72.1 Å². The van der Waals surface area contributed by atoms with Crippen molar-refractivity contribution in [3.63, 3.8) is 0 Å². The zero-order chi connectivity index (χ0) is 21.2. The molecule has 3 nitrogen and oxygen atoms in total. The highest BCUT2D eigenvalue weighted by Crippen LogP contribution is 2.30. The van der Waals surface area contributed by atoms with Gasteiger partial charge in [0.25, 0.3) is 0 Å². The Labute approximate surface area is 190 Å². The van der Waals surface area contributed by atoms with Gasteiger partial charge in [-0.3, -0.25) is 0 Å². The molecule has 0 spiro atoms. The molecular formula is C26H23N3S2. The summed E-state index contributed by atoms with van der Waals surface area (Å²) in [6, 6.07) is 23.7. The highest BCUT2D eigenvalue weighted by atomic mass is 32.1. The lowest BCUT2D eigenvalue weighted by atomic mass is 10.1. The van der Waals surface area contributed by atoms with Gasteiger partial charge in [0.15, 0.2) is 5.13 Å². The van der Waals surface area contributed by atoms with E-state index in [1.54, 1.807) is 22.7 Å². The van der Waals surface area contributed by atoms with Crippen LogP contribution in [0.25, 0.3) is 32.0 Å². The highest BCUT2D eigenvalue weighted by Gasteiger charge is 2.08. The molecule has 0 amide bonds. The van der Waals surface area contributed by atoms with Gasteiger partial charge in [0.2, 0.25) is 0 Å². The summed E-state index contributed by atoms with van der Waals surface area (Å²) in [4.78, 5) is 9.54. The van der Waals surface area contributed by atoms with Gasteiger partial charge in [0, 0.05) is 23.1 Å². The second-order valence-electron chi connectivity index (χ2n) is 7.63. The van der Waals surface area contributed by atoms with Crippen LogP contribution in [0.1, 0.15) is 23.6 Å². The maximum Gasteiger partial charge on any atom is 0.184 e. The molecule has 1 N–H and O–H groups in total. The van der Waals surface area contributed by atoms with Crippen molar-refractivity contribution < 1.29 is 0 Å². The van der Waals surface area contributed by atoms with Crippen molar-refractivity contribution in [1.82, 2.24) is 9.97 Å². The van der Waals surface area contributed by atoms with Crippen LogP contribution in [0.5, 0.6) is 0 Å². The molecule has 0 aliphatic heterocycles. The Balaban J connectivity index is 1.27. The number of aryl methyl sites for hydroxylation is 2. The molecule has 2 aromatic heterocycles. The molecule has 0 radical (unpaired) electrons. The molecule has 0 saturated heterocycles. The van der Waals surface area contributed by atoms with E-state index in [2.05, 4.69) is 91.3 Å². The molecule has 0 unspecified atom stereocenters. The summed E-state index contributed by atoms with van der Waals surface area (Å²) in [6.07, 6.45) is 1.05. The zero-order valence-electron chi connectivity index (χ0n) is 17.6. The van der Waals surface area contributed by atoms with Crippen molar-refractivity contribution in [2.75, 3.05) is 5.32 Å². The number of benzene rings is 3. The number of hydrogen-bond acceptors (Lipinski definition) is 5. The molecule has 0 bridgehead atoms. The highest BCUT2D eigenvalue weighted by molar-refractivity contribution is 7.22. The Morgan fingerprint density at radius 1 is 0.839 bits per heavy atom. The first-order valence-electron chi connectivity index (χ1n) is 10.4. The fraction of sp³-hybridized carbons (Fsp3) is 0.154. The number of hydrogen-bond donors (Lipinski definition) is 1. The standard InChI is InChI=1S/C26H23N3S2/c1-3-18-8-13-22-24(14-18)31-26(29-22)27-15-19-6-11-21(12-7-19)25-28-23(16-30-25)20-9-4-17(2)5-10-20/h4-14,16H,3,15H2,1-2H3,(H,27,29). The number of thiazole rings is 2. The molecule has 5 heteroatoms. The predicted molar refractivity (Wildman–Crippen MR) is 134 cm³/mol. The summed E-state index contributed by atoms with van der Waals surface area (Å²) >= 11 is 3.41. The van der Waals surface area contributed by atoms with Gasteiger partial charge >= 0.3 is 0 Å².